The first kappa shape index (κ1) is 10.4. The van der Waals surface area contributed by atoms with Crippen molar-refractivity contribution in [2.75, 3.05) is 39.8 Å². The highest BCUT2D eigenvalue weighted by Gasteiger charge is 2.27. The summed E-state index contributed by atoms with van der Waals surface area (Å²) in [5, 5.41) is 3.46. The first-order valence-corrected chi connectivity index (χ1v) is 5.92. The quantitative estimate of drug-likeness (QED) is 0.655. The highest BCUT2D eigenvalue weighted by Crippen LogP contribution is 2.18. The van der Waals surface area contributed by atoms with Gasteiger partial charge in [-0.25, -0.2) is 0 Å². The standard InChI is InChI=1S/C11H23N3/c1-10-9-12-5-8-14(10)11-3-6-13(2)7-4-11/h10-12H,3-9H2,1-2H3/t10-/m0/s1. The molecule has 0 bridgehead atoms. The molecule has 2 rings (SSSR count). The fourth-order valence-electron chi connectivity index (χ4n) is 2.73. The molecule has 0 aromatic rings. The minimum atomic E-state index is 0.733. The Labute approximate surface area is 87.4 Å². The predicted octanol–water partition coefficient (Wildman–Crippen LogP) is 0.374. The third kappa shape index (κ3) is 2.27. The first-order chi connectivity index (χ1) is 6.77. The van der Waals surface area contributed by atoms with Crippen LogP contribution in [0.5, 0.6) is 0 Å². The molecule has 1 N–H and O–H groups in total. The van der Waals surface area contributed by atoms with Crippen molar-refractivity contribution in [2.24, 2.45) is 0 Å². The van der Waals surface area contributed by atoms with Gasteiger partial charge in [-0.15, -0.1) is 0 Å². The van der Waals surface area contributed by atoms with Crippen LogP contribution in [0, 0.1) is 0 Å². The van der Waals surface area contributed by atoms with Crippen LogP contribution in [0.3, 0.4) is 0 Å². The normalized spacial score (nSPS) is 33.4. The average Bonchev–Trinajstić information content (AvgIpc) is 2.20. The molecule has 0 aromatic carbocycles. The average molecular weight is 197 g/mol. The van der Waals surface area contributed by atoms with Crippen molar-refractivity contribution in [2.45, 2.75) is 31.8 Å². The molecule has 2 fully saturated rings. The molecule has 0 amide bonds. The van der Waals surface area contributed by atoms with Gasteiger partial charge >= 0.3 is 0 Å². The Bertz CT molecular complexity index is 175. The van der Waals surface area contributed by atoms with Gasteiger partial charge in [-0.1, -0.05) is 0 Å². The monoisotopic (exact) mass is 197 g/mol. The van der Waals surface area contributed by atoms with Gasteiger partial charge in [-0.3, -0.25) is 4.90 Å². The van der Waals surface area contributed by atoms with E-state index in [2.05, 4.69) is 29.1 Å². The van der Waals surface area contributed by atoms with E-state index in [0.717, 1.165) is 12.1 Å². The van der Waals surface area contributed by atoms with E-state index in [1.54, 1.807) is 0 Å². The van der Waals surface area contributed by atoms with Gasteiger partial charge in [0.15, 0.2) is 0 Å². The largest absolute Gasteiger partial charge is 0.314 e. The molecule has 0 radical (unpaired) electrons. The minimum absolute atomic E-state index is 0.733. The van der Waals surface area contributed by atoms with Crippen molar-refractivity contribution in [1.82, 2.24) is 15.1 Å². The minimum Gasteiger partial charge on any atom is -0.314 e. The van der Waals surface area contributed by atoms with E-state index >= 15 is 0 Å². The number of hydrogen-bond donors (Lipinski definition) is 1. The Hall–Kier alpha value is -0.120. The third-order valence-corrected chi connectivity index (χ3v) is 3.71. The molecule has 0 unspecified atom stereocenters. The molecule has 1 atom stereocenters. The van der Waals surface area contributed by atoms with Crippen LogP contribution in [0.1, 0.15) is 19.8 Å². The zero-order valence-electron chi connectivity index (χ0n) is 9.50. The number of nitrogens with zero attached hydrogens (tertiary/aromatic N) is 2. The Morgan fingerprint density at radius 3 is 2.50 bits per heavy atom. The number of likely N-dealkylation sites (tertiary alicyclic amines) is 1. The molecule has 0 spiro atoms. The molecule has 3 heteroatoms. The van der Waals surface area contributed by atoms with Gasteiger partial charge in [0.25, 0.3) is 0 Å². The van der Waals surface area contributed by atoms with Crippen LogP contribution < -0.4 is 5.32 Å². The fourth-order valence-corrected chi connectivity index (χ4v) is 2.73. The maximum Gasteiger partial charge on any atom is 0.0195 e. The lowest BCUT2D eigenvalue weighted by molar-refractivity contribution is 0.0718. The highest BCUT2D eigenvalue weighted by molar-refractivity contribution is 4.85. The molecule has 2 heterocycles. The van der Waals surface area contributed by atoms with Gasteiger partial charge in [-0.2, -0.15) is 0 Å². The molecule has 3 nitrogen and oxygen atoms in total. The lowest BCUT2D eigenvalue weighted by atomic mass is 10.0. The summed E-state index contributed by atoms with van der Waals surface area (Å²) < 4.78 is 0. The molecule has 14 heavy (non-hydrogen) atoms. The van der Waals surface area contributed by atoms with Crippen LogP contribution >= 0.6 is 0 Å². The summed E-state index contributed by atoms with van der Waals surface area (Å²) >= 11 is 0. The van der Waals surface area contributed by atoms with Gasteiger partial charge in [0, 0.05) is 31.7 Å². The Kier molecular flexibility index (Phi) is 3.42. The van der Waals surface area contributed by atoms with E-state index in [-0.39, 0.29) is 0 Å². The van der Waals surface area contributed by atoms with E-state index in [4.69, 9.17) is 0 Å². The van der Waals surface area contributed by atoms with Crippen molar-refractivity contribution in [3.05, 3.63) is 0 Å². The fraction of sp³-hybridized carbons (Fsp3) is 1.00. The number of nitrogens with one attached hydrogen (secondary N) is 1. The van der Waals surface area contributed by atoms with Crippen molar-refractivity contribution < 1.29 is 0 Å². The second-order valence-electron chi connectivity index (χ2n) is 4.83. The zero-order valence-corrected chi connectivity index (χ0v) is 9.50. The number of rotatable bonds is 1. The second-order valence-corrected chi connectivity index (χ2v) is 4.83. The summed E-state index contributed by atoms with van der Waals surface area (Å²) in [5.41, 5.74) is 0. The summed E-state index contributed by atoms with van der Waals surface area (Å²) in [7, 11) is 2.23. The number of piperazine rings is 1. The zero-order chi connectivity index (χ0) is 9.97. The van der Waals surface area contributed by atoms with Crippen molar-refractivity contribution in [3.63, 3.8) is 0 Å². The summed E-state index contributed by atoms with van der Waals surface area (Å²) in [5.74, 6) is 0. The smallest absolute Gasteiger partial charge is 0.0195 e. The molecule has 2 aliphatic rings. The van der Waals surface area contributed by atoms with Crippen LogP contribution in [0.2, 0.25) is 0 Å². The Morgan fingerprint density at radius 1 is 1.14 bits per heavy atom. The topological polar surface area (TPSA) is 18.5 Å². The van der Waals surface area contributed by atoms with Crippen LogP contribution in [-0.4, -0.2) is 61.7 Å². The van der Waals surface area contributed by atoms with Gasteiger partial charge in [0.05, 0.1) is 0 Å². The lowest BCUT2D eigenvalue weighted by Crippen LogP contribution is -2.56. The molecule has 0 aliphatic carbocycles. The third-order valence-electron chi connectivity index (χ3n) is 3.71. The molecule has 2 aliphatic heterocycles. The summed E-state index contributed by atoms with van der Waals surface area (Å²) in [6.45, 7) is 8.51. The van der Waals surface area contributed by atoms with Gasteiger partial charge in [0.1, 0.15) is 0 Å². The van der Waals surface area contributed by atoms with Crippen LogP contribution in [0.4, 0.5) is 0 Å². The van der Waals surface area contributed by atoms with E-state index in [9.17, 15) is 0 Å². The molecule has 2 saturated heterocycles. The SMILES string of the molecule is C[C@H]1CNCCN1C1CCN(C)CC1. The molecule has 0 aromatic heterocycles. The molecule has 0 saturated carbocycles. The van der Waals surface area contributed by atoms with Gasteiger partial charge in [-0.05, 0) is 39.9 Å². The van der Waals surface area contributed by atoms with Gasteiger partial charge < -0.3 is 10.2 Å². The van der Waals surface area contributed by atoms with Gasteiger partial charge in [0.2, 0.25) is 0 Å². The van der Waals surface area contributed by atoms with E-state index in [0.29, 0.717) is 0 Å². The number of hydrogen-bond acceptors (Lipinski definition) is 3. The van der Waals surface area contributed by atoms with Crippen LogP contribution in [-0.2, 0) is 0 Å². The molecular weight excluding hydrogens is 174 g/mol. The summed E-state index contributed by atoms with van der Waals surface area (Å²) in [6.07, 6.45) is 2.72. The van der Waals surface area contributed by atoms with E-state index < -0.39 is 0 Å². The Morgan fingerprint density at radius 2 is 1.86 bits per heavy atom. The highest BCUT2D eigenvalue weighted by atomic mass is 15.3. The predicted molar refractivity (Wildman–Crippen MR) is 59.6 cm³/mol. The summed E-state index contributed by atoms with van der Waals surface area (Å²) in [6, 6.07) is 1.58. The number of piperidine rings is 1. The first-order valence-electron chi connectivity index (χ1n) is 5.92. The molecular formula is C11H23N3. The maximum absolute atomic E-state index is 3.46. The van der Waals surface area contributed by atoms with E-state index in [1.165, 1.54) is 45.6 Å². The summed E-state index contributed by atoms with van der Waals surface area (Å²) in [4.78, 5) is 5.16. The van der Waals surface area contributed by atoms with Crippen molar-refractivity contribution in [1.29, 1.82) is 0 Å². The Balaban J connectivity index is 1.87. The second kappa shape index (κ2) is 4.60. The van der Waals surface area contributed by atoms with Crippen LogP contribution in [0.25, 0.3) is 0 Å². The van der Waals surface area contributed by atoms with E-state index in [1.807, 2.05) is 0 Å². The van der Waals surface area contributed by atoms with Crippen molar-refractivity contribution in [3.8, 4) is 0 Å². The molecule has 82 valence electrons. The maximum atomic E-state index is 3.46. The lowest BCUT2D eigenvalue weighted by Gasteiger charge is -2.43. The van der Waals surface area contributed by atoms with Crippen molar-refractivity contribution >= 4 is 0 Å². The van der Waals surface area contributed by atoms with Crippen LogP contribution in [0.15, 0.2) is 0 Å².